The second-order valence-electron chi connectivity index (χ2n) is 4.36. The second kappa shape index (κ2) is 5.32. The van der Waals surface area contributed by atoms with E-state index in [1.54, 1.807) is 0 Å². The highest BCUT2D eigenvalue weighted by Crippen LogP contribution is 2.17. The smallest absolute Gasteiger partial charge is 0.303 e. The summed E-state index contributed by atoms with van der Waals surface area (Å²) in [6.07, 6.45) is 0.780. The van der Waals surface area contributed by atoms with Gasteiger partial charge in [-0.2, -0.15) is 0 Å². The lowest BCUT2D eigenvalue weighted by Crippen LogP contribution is -2.48. The molecule has 0 spiro atoms. The molecular formula is C10H21NO3. The fraction of sp³-hybridized carbons (Fsp3) is 0.900. The van der Waals surface area contributed by atoms with Gasteiger partial charge in [0, 0.05) is 18.0 Å². The van der Waals surface area contributed by atoms with E-state index in [0.717, 1.165) is 0 Å². The molecule has 4 nitrogen and oxygen atoms in total. The molecule has 84 valence electrons. The first kappa shape index (κ1) is 13.4. The molecule has 0 aliphatic carbocycles. The summed E-state index contributed by atoms with van der Waals surface area (Å²) < 4.78 is 0. The summed E-state index contributed by atoms with van der Waals surface area (Å²) in [5, 5.41) is 17.7. The van der Waals surface area contributed by atoms with Crippen molar-refractivity contribution < 1.29 is 15.0 Å². The molecular weight excluding hydrogens is 182 g/mol. The van der Waals surface area contributed by atoms with E-state index in [0.29, 0.717) is 6.42 Å². The maximum atomic E-state index is 10.4. The molecule has 0 saturated heterocycles. The second-order valence-corrected chi connectivity index (χ2v) is 4.36. The number of aliphatic hydroxyl groups is 1. The molecule has 0 saturated carbocycles. The van der Waals surface area contributed by atoms with Crippen molar-refractivity contribution in [3.63, 3.8) is 0 Å². The highest BCUT2D eigenvalue weighted by atomic mass is 16.4. The van der Waals surface area contributed by atoms with E-state index in [4.69, 9.17) is 10.2 Å². The first-order valence-corrected chi connectivity index (χ1v) is 4.87. The highest BCUT2D eigenvalue weighted by Gasteiger charge is 2.26. The van der Waals surface area contributed by atoms with Gasteiger partial charge in [0.15, 0.2) is 0 Å². The lowest BCUT2D eigenvalue weighted by molar-refractivity contribution is -0.137. The van der Waals surface area contributed by atoms with Crippen molar-refractivity contribution in [3.8, 4) is 0 Å². The molecule has 4 heteroatoms. The fourth-order valence-electron chi connectivity index (χ4n) is 1.23. The van der Waals surface area contributed by atoms with Gasteiger partial charge in [-0.15, -0.1) is 0 Å². The number of hydrogen-bond acceptors (Lipinski definition) is 3. The molecule has 1 atom stereocenters. The van der Waals surface area contributed by atoms with E-state index < -0.39 is 5.97 Å². The lowest BCUT2D eigenvalue weighted by Gasteiger charge is -2.38. The number of carboxylic acid groups (broad SMARTS) is 1. The minimum atomic E-state index is -0.771. The van der Waals surface area contributed by atoms with Crippen LogP contribution in [0.5, 0.6) is 0 Å². The van der Waals surface area contributed by atoms with Crippen LogP contribution >= 0.6 is 0 Å². The standard InChI is InChI=1S/C10H21NO3/c1-8(5-6-9(13)14)11(4)10(2,3)7-12/h8,12H,5-7H2,1-4H3,(H,13,14). The molecule has 0 aromatic carbocycles. The summed E-state index contributed by atoms with van der Waals surface area (Å²) in [4.78, 5) is 12.4. The SMILES string of the molecule is CC(CCC(=O)O)N(C)C(C)(C)CO. The molecule has 0 bridgehead atoms. The molecule has 0 aliphatic rings. The molecule has 0 aliphatic heterocycles. The minimum Gasteiger partial charge on any atom is -0.481 e. The van der Waals surface area contributed by atoms with Crippen molar-refractivity contribution in [1.82, 2.24) is 4.90 Å². The van der Waals surface area contributed by atoms with Crippen molar-refractivity contribution in [2.45, 2.75) is 45.2 Å². The zero-order valence-corrected chi connectivity index (χ0v) is 9.45. The first-order valence-electron chi connectivity index (χ1n) is 4.87. The molecule has 0 rings (SSSR count). The van der Waals surface area contributed by atoms with Crippen molar-refractivity contribution in [2.75, 3.05) is 13.7 Å². The minimum absolute atomic E-state index is 0.0703. The van der Waals surface area contributed by atoms with Crippen molar-refractivity contribution in [2.24, 2.45) is 0 Å². The average molecular weight is 203 g/mol. The molecule has 0 fully saturated rings. The Kier molecular flexibility index (Phi) is 5.08. The Morgan fingerprint density at radius 3 is 2.36 bits per heavy atom. The highest BCUT2D eigenvalue weighted by molar-refractivity contribution is 5.66. The predicted octanol–water partition coefficient (Wildman–Crippen LogP) is 0.942. The summed E-state index contributed by atoms with van der Waals surface area (Å²) in [5.74, 6) is -0.771. The number of carbonyl (C=O) groups is 1. The summed E-state index contributed by atoms with van der Waals surface area (Å²) in [6, 6.07) is 0.160. The molecule has 0 radical (unpaired) electrons. The Bertz CT molecular complexity index is 192. The summed E-state index contributed by atoms with van der Waals surface area (Å²) in [6.45, 7) is 5.91. The van der Waals surface area contributed by atoms with Gasteiger partial charge in [0.25, 0.3) is 0 Å². The zero-order valence-electron chi connectivity index (χ0n) is 9.45. The molecule has 0 aromatic rings. The third kappa shape index (κ3) is 4.07. The Balaban J connectivity index is 4.11. The van der Waals surface area contributed by atoms with Gasteiger partial charge in [0.2, 0.25) is 0 Å². The van der Waals surface area contributed by atoms with Gasteiger partial charge in [-0.1, -0.05) is 0 Å². The van der Waals surface area contributed by atoms with Crippen molar-refractivity contribution in [3.05, 3.63) is 0 Å². The van der Waals surface area contributed by atoms with Gasteiger partial charge in [-0.3, -0.25) is 9.69 Å². The predicted molar refractivity (Wildman–Crippen MR) is 55.3 cm³/mol. The monoisotopic (exact) mass is 203 g/mol. The number of nitrogens with zero attached hydrogens (tertiary/aromatic N) is 1. The van der Waals surface area contributed by atoms with E-state index in [1.807, 2.05) is 32.7 Å². The van der Waals surface area contributed by atoms with Crippen LogP contribution in [-0.2, 0) is 4.79 Å². The van der Waals surface area contributed by atoms with Crippen LogP contribution in [0, 0.1) is 0 Å². The van der Waals surface area contributed by atoms with Crippen LogP contribution < -0.4 is 0 Å². The average Bonchev–Trinajstić information content (AvgIpc) is 2.12. The van der Waals surface area contributed by atoms with Crippen molar-refractivity contribution in [1.29, 1.82) is 0 Å². The number of aliphatic carboxylic acids is 1. The van der Waals surface area contributed by atoms with Crippen LogP contribution in [0.3, 0.4) is 0 Å². The maximum Gasteiger partial charge on any atom is 0.303 e. The number of rotatable bonds is 6. The van der Waals surface area contributed by atoms with Crippen molar-refractivity contribution >= 4 is 5.97 Å². The molecule has 2 N–H and O–H groups in total. The summed E-state index contributed by atoms with van der Waals surface area (Å²) in [5.41, 5.74) is -0.294. The Morgan fingerprint density at radius 1 is 1.50 bits per heavy atom. The van der Waals surface area contributed by atoms with Gasteiger partial charge in [0.05, 0.1) is 6.61 Å². The summed E-state index contributed by atoms with van der Waals surface area (Å²) >= 11 is 0. The summed E-state index contributed by atoms with van der Waals surface area (Å²) in [7, 11) is 1.91. The third-order valence-electron chi connectivity index (χ3n) is 2.78. The lowest BCUT2D eigenvalue weighted by atomic mass is 10.0. The van der Waals surface area contributed by atoms with Crippen LogP contribution in [0.2, 0.25) is 0 Å². The van der Waals surface area contributed by atoms with Crippen LogP contribution in [-0.4, -0.2) is 46.3 Å². The van der Waals surface area contributed by atoms with Crippen LogP contribution in [0.15, 0.2) is 0 Å². The van der Waals surface area contributed by atoms with Gasteiger partial charge >= 0.3 is 5.97 Å². The van der Waals surface area contributed by atoms with Crippen LogP contribution in [0.4, 0.5) is 0 Å². The Hall–Kier alpha value is -0.610. The number of hydrogen-bond donors (Lipinski definition) is 2. The van der Waals surface area contributed by atoms with Gasteiger partial charge in [-0.05, 0) is 34.2 Å². The van der Waals surface area contributed by atoms with Gasteiger partial charge < -0.3 is 10.2 Å². The van der Waals surface area contributed by atoms with E-state index in [1.165, 1.54) is 0 Å². The molecule has 1 unspecified atom stereocenters. The Morgan fingerprint density at radius 2 is 2.00 bits per heavy atom. The van der Waals surface area contributed by atoms with Crippen LogP contribution in [0.1, 0.15) is 33.6 Å². The van der Waals surface area contributed by atoms with Gasteiger partial charge in [-0.25, -0.2) is 0 Å². The Labute approximate surface area is 85.5 Å². The van der Waals surface area contributed by atoms with Gasteiger partial charge in [0.1, 0.15) is 0 Å². The zero-order chi connectivity index (χ0) is 11.4. The number of likely N-dealkylation sites (N-methyl/N-ethyl adjacent to an activating group) is 1. The maximum absolute atomic E-state index is 10.4. The topological polar surface area (TPSA) is 60.8 Å². The number of carboxylic acids is 1. The normalized spacial score (nSPS) is 14.4. The van der Waals surface area contributed by atoms with Crippen LogP contribution in [0.25, 0.3) is 0 Å². The first-order chi connectivity index (χ1) is 6.31. The third-order valence-corrected chi connectivity index (χ3v) is 2.78. The molecule has 14 heavy (non-hydrogen) atoms. The van der Waals surface area contributed by atoms with E-state index in [2.05, 4.69) is 0 Å². The van der Waals surface area contributed by atoms with E-state index in [-0.39, 0.29) is 24.6 Å². The fourth-order valence-corrected chi connectivity index (χ4v) is 1.23. The molecule has 0 aromatic heterocycles. The van der Waals surface area contributed by atoms with E-state index >= 15 is 0 Å². The molecule has 0 heterocycles. The molecule has 0 amide bonds. The van der Waals surface area contributed by atoms with E-state index in [9.17, 15) is 4.79 Å². The number of aliphatic hydroxyl groups excluding tert-OH is 1. The largest absolute Gasteiger partial charge is 0.481 e. The quantitative estimate of drug-likeness (QED) is 0.674.